The number of carbonyl (C=O) groups is 2. The molecule has 0 radical (unpaired) electrons. The number of aryl methyl sites for hydroxylation is 2. The van der Waals surface area contributed by atoms with Crippen LogP contribution in [0.1, 0.15) is 27.7 Å². The minimum atomic E-state index is -0.190. The van der Waals surface area contributed by atoms with Crippen LogP contribution in [0, 0.1) is 6.92 Å². The molecule has 8 nitrogen and oxygen atoms in total. The van der Waals surface area contributed by atoms with Crippen molar-refractivity contribution in [2.75, 3.05) is 26.8 Å². The highest BCUT2D eigenvalue weighted by Crippen LogP contribution is 2.28. The van der Waals surface area contributed by atoms with Crippen molar-refractivity contribution in [3.63, 3.8) is 0 Å². The second-order valence-corrected chi connectivity index (χ2v) is 6.34. The summed E-state index contributed by atoms with van der Waals surface area (Å²) in [7, 11) is 3.35. The molecular weight excluding hydrogens is 322 g/mol. The van der Waals surface area contributed by atoms with Crippen LogP contribution in [0.25, 0.3) is 0 Å². The van der Waals surface area contributed by atoms with Crippen LogP contribution < -0.4 is 5.32 Å². The van der Waals surface area contributed by atoms with Crippen LogP contribution in [0.3, 0.4) is 0 Å². The predicted octanol–water partition coefficient (Wildman–Crippen LogP) is 0.427. The Balaban J connectivity index is 1.82. The molecule has 0 bridgehead atoms. The van der Waals surface area contributed by atoms with Gasteiger partial charge in [-0.25, -0.2) is 0 Å². The largest absolute Gasteiger partial charge is 0.375 e. The van der Waals surface area contributed by atoms with Crippen molar-refractivity contribution in [3.8, 4) is 0 Å². The maximum Gasteiger partial charge on any atom is 0.270 e. The standard InChI is InChI=1S/C17H23N5O3/c1-11-4-6-18-16(11)17(24)22-8-12(14-5-7-19-21(14)2)13(9-22)20-15(23)10-25-3/h4-7,12-13,18H,8-10H2,1-3H3,(H,20,23)/t12-,13-/m1/s1. The second kappa shape index (κ2) is 7.10. The van der Waals surface area contributed by atoms with E-state index in [2.05, 4.69) is 15.4 Å². The van der Waals surface area contributed by atoms with E-state index in [9.17, 15) is 9.59 Å². The molecule has 25 heavy (non-hydrogen) atoms. The summed E-state index contributed by atoms with van der Waals surface area (Å²) in [6.45, 7) is 2.87. The number of nitrogens with one attached hydrogen (secondary N) is 2. The second-order valence-electron chi connectivity index (χ2n) is 6.34. The maximum absolute atomic E-state index is 12.8. The third kappa shape index (κ3) is 3.43. The van der Waals surface area contributed by atoms with Gasteiger partial charge in [0.2, 0.25) is 5.91 Å². The SMILES string of the molecule is COCC(=O)N[C@@H]1CN(C(=O)c2[nH]ccc2C)C[C@H]1c1ccnn1C. The lowest BCUT2D eigenvalue weighted by molar-refractivity contribution is -0.125. The number of ether oxygens (including phenoxy) is 1. The van der Waals surface area contributed by atoms with E-state index in [0.29, 0.717) is 18.8 Å². The molecule has 2 aromatic heterocycles. The van der Waals surface area contributed by atoms with Gasteiger partial charge in [-0.15, -0.1) is 0 Å². The average Bonchev–Trinajstić information content (AvgIpc) is 3.27. The van der Waals surface area contributed by atoms with Crippen LogP contribution in [0.5, 0.6) is 0 Å². The summed E-state index contributed by atoms with van der Waals surface area (Å²) in [4.78, 5) is 29.6. The molecule has 2 atom stereocenters. The van der Waals surface area contributed by atoms with Gasteiger partial charge in [-0.2, -0.15) is 5.10 Å². The lowest BCUT2D eigenvalue weighted by atomic mass is 9.99. The Morgan fingerprint density at radius 2 is 2.20 bits per heavy atom. The summed E-state index contributed by atoms with van der Waals surface area (Å²) in [5.41, 5.74) is 2.49. The molecule has 1 saturated heterocycles. The zero-order chi connectivity index (χ0) is 18.0. The number of aromatic amines is 1. The number of hydrogen-bond acceptors (Lipinski definition) is 4. The van der Waals surface area contributed by atoms with Crippen molar-refractivity contribution in [1.82, 2.24) is 25.0 Å². The van der Waals surface area contributed by atoms with Crippen LogP contribution in [0.2, 0.25) is 0 Å². The number of H-pyrrole nitrogens is 1. The fourth-order valence-electron chi connectivity index (χ4n) is 3.38. The summed E-state index contributed by atoms with van der Waals surface area (Å²) in [6, 6.07) is 3.62. The molecule has 1 aliphatic heterocycles. The number of likely N-dealkylation sites (tertiary alicyclic amines) is 1. The Labute approximate surface area is 146 Å². The van der Waals surface area contributed by atoms with Crippen molar-refractivity contribution < 1.29 is 14.3 Å². The Hall–Kier alpha value is -2.61. The summed E-state index contributed by atoms with van der Waals surface area (Å²) in [6.07, 6.45) is 3.48. The lowest BCUT2D eigenvalue weighted by Gasteiger charge is -2.19. The molecule has 2 N–H and O–H groups in total. The normalized spacial score (nSPS) is 20.0. The number of rotatable bonds is 5. The van der Waals surface area contributed by atoms with Crippen molar-refractivity contribution in [1.29, 1.82) is 0 Å². The van der Waals surface area contributed by atoms with Crippen LogP contribution in [0.4, 0.5) is 0 Å². The van der Waals surface area contributed by atoms with Crippen LogP contribution in [-0.2, 0) is 16.6 Å². The quantitative estimate of drug-likeness (QED) is 0.822. The van der Waals surface area contributed by atoms with Gasteiger partial charge in [0.05, 0.1) is 6.04 Å². The van der Waals surface area contributed by atoms with Crippen molar-refractivity contribution in [2.24, 2.45) is 7.05 Å². The number of methoxy groups -OCH3 is 1. The third-order valence-electron chi connectivity index (χ3n) is 4.64. The summed E-state index contributed by atoms with van der Waals surface area (Å²) in [5.74, 6) is -0.268. The first-order chi connectivity index (χ1) is 12.0. The topological polar surface area (TPSA) is 92.2 Å². The molecule has 0 aromatic carbocycles. The van der Waals surface area contributed by atoms with E-state index in [1.54, 1.807) is 22.0 Å². The first-order valence-corrected chi connectivity index (χ1v) is 8.20. The fourth-order valence-corrected chi connectivity index (χ4v) is 3.38. The van der Waals surface area contributed by atoms with Crippen molar-refractivity contribution >= 4 is 11.8 Å². The van der Waals surface area contributed by atoms with Crippen LogP contribution >= 0.6 is 0 Å². The van der Waals surface area contributed by atoms with Gasteiger partial charge >= 0.3 is 0 Å². The van der Waals surface area contributed by atoms with Gasteiger partial charge in [0.15, 0.2) is 0 Å². The fraction of sp³-hybridized carbons (Fsp3) is 0.471. The molecule has 3 rings (SSSR count). The van der Waals surface area contributed by atoms with Crippen LogP contribution in [0.15, 0.2) is 24.5 Å². The van der Waals surface area contributed by atoms with E-state index in [1.807, 2.05) is 26.1 Å². The van der Waals surface area contributed by atoms with Gasteiger partial charge in [0, 0.05) is 51.3 Å². The molecule has 0 unspecified atom stereocenters. The van der Waals surface area contributed by atoms with Crippen molar-refractivity contribution in [2.45, 2.75) is 18.9 Å². The number of aromatic nitrogens is 3. The molecular formula is C17H23N5O3. The van der Waals surface area contributed by atoms with E-state index in [1.165, 1.54) is 7.11 Å². The molecule has 3 heterocycles. The maximum atomic E-state index is 12.8. The average molecular weight is 345 g/mol. The number of hydrogen-bond donors (Lipinski definition) is 2. The first kappa shape index (κ1) is 17.2. The number of nitrogens with zero attached hydrogens (tertiary/aromatic N) is 3. The molecule has 0 spiro atoms. The Morgan fingerprint density at radius 1 is 1.40 bits per heavy atom. The Morgan fingerprint density at radius 3 is 2.80 bits per heavy atom. The Kier molecular flexibility index (Phi) is 4.89. The first-order valence-electron chi connectivity index (χ1n) is 8.20. The number of amides is 2. The smallest absolute Gasteiger partial charge is 0.270 e. The molecule has 134 valence electrons. The highest BCUT2D eigenvalue weighted by Gasteiger charge is 2.39. The lowest BCUT2D eigenvalue weighted by Crippen LogP contribution is -2.42. The van der Waals surface area contributed by atoms with Crippen LogP contribution in [-0.4, -0.2) is 64.3 Å². The van der Waals surface area contributed by atoms with E-state index < -0.39 is 0 Å². The van der Waals surface area contributed by atoms with Gasteiger partial charge in [-0.3, -0.25) is 14.3 Å². The highest BCUT2D eigenvalue weighted by molar-refractivity contribution is 5.94. The highest BCUT2D eigenvalue weighted by atomic mass is 16.5. The molecule has 2 aromatic rings. The van der Waals surface area contributed by atoms with Gasteiger partial charge in [0.1, 0.15) is 12.3 Å². The van der Waals surface area contributed by atoms with E-state index in [0.717, 1.165) is 11.3 Å². The summed E-state index contributed by atoms with van der Waals surface area (Å²) >= 11 is 0. The van der Waals surface area contributed by atoms with Gasteiger partial charge in [-0.1, -0.05) is 0 Å². The predicted molar refractivity (Wildman–Crippen MR) is 91.2 cm³/mol. The minimum Gasteiger partial charge on any atom is -0.375 e. The molecule has 0 saturated carbocycles. The zero-order valence-corrected chi connectivity index (χ0v) is 14.7. The molecule has 8 heteroatoms. The summed E-state index contributed by atoms with van der Waals surface area (Å²) < 4.78 is 6.68. The van der Waals surface area contributed by atoms with E-state index in [-0.39, 0.29) is 30.4 Å². The Bertz CT molecular complexity index is 766. The molecule has 2 amide bonds. The van der Waals surface area contributed by atoms with Gasteiger partial charge in [-0.05, 0) is 24.6 Å². The third-order valence-corrected chi connectivity index (χ3v) is 4.64. The minimum absolute atomic E-state index is 0.00170. The number of carbonyl (C=O) groups excluding carboxylic acids is 2. The van der Waals surface area contributed by atoms with E-state index >= 15 is 0 Å². The van der Waals surface area contributed by atoms with Crippen molar-refractivity contribution in [3.05, 3.63) is 41.5 Å². The van der Waals surface area contributed by atoms with Gasteiger partial charge < -0.3 is 19.9 Å². The zero-order valence-electron chi connectivity index (χ0n) is 14.7. The van der Waals surface area contributed by atoms with Gasteiger partial charge in [0.25, 0.3) is 5.91 Å². The molecule has 1 fully saturated rings. The monoisotopic (exact) mass is 345 g/mol. The summed E-state index contributed by atoms with van der Waals surface area (Å²) in [5, 5.41) is 7.20. The van der Waals surface area contributed by atoms with E-state index in [4.69, 9.17) is 4.74 Å². The molecule has 1 aliphatic rings. The molecule has 0 aliphatic carbocycles.